The molecule has 0 aliphatic heterocycles. The lowest BCUT2D eigenvalue weighted by Crippen LogP contribution is -2.06. The highest BCUT2D eigenvalue weighted by Crippen LogP contribution is 2.38. The van der Waals surface area contributed by atoms with Crippen molar-refractivity contribution in [3.63, 3.8) is 0 Å². The molecule has 0 heterocycles. The van der Waals surface area contributed by atoms with E-state index in [1.54, 1.807) is 0 Å². The van der Waals surface area contributed by atoms with E-state index in [0.717, 1.165) is 19.1 Å². The van der Waals surface area contributed by atoms with E-state index < -0.39 is 32.9 Å². The molecule has 1 aromatic carbocycles. The van der Waals surface area contributed by atoms with Gasteiger partial charge in [-0.05, 0) is 0 Å². The van der Waals surface area contributed by atoms with Crippen molar-refractivity contribution < 1.29 is 19.7 Å². The summed E-state index contributed by atoms with van der Waals surface area (Å²) in [4.78, 5) is 29.9. The largest absolute Gasteiger partial charge is 0.497 e. The molecule has 90 valence electrons. The Bertz CT molecular complexity index is 477. The van der Waals surface area contributed by atoms with Gasteiger partial charge in [-0.25, -0.2) is 0 Å². The lowest BCUT2D eigenvalue weighted by Gasteiger charge is -2.03. The second-order valence-electron chi connectivity index (χ2n) is 3.06. The highest BCUT2D eigenvalue weighted by atomic mass is 16.6. The van der Waals surface area contributed by atoms with E-state index in [1.165, 1.54) is 0 Å². The summed E-state index contributed by atoms with van der Waals surface area (Å²) in [6, 6.07) is 1.67. The zero-order chi connectivity index (χ0) is 13.2. The molecular formula is C8H7N3O6. The molecular weight excluding hydrogens is 234 g/mol. The maximum absolute atomic E-state index is 10.7. The number of phenols is 1. The fourth-order valence-electron chi connectivity index (χ4n) is 1.16. The number of carbonyl (C=O) groups is 1. The summed E-state index contributed by atoms with van der Waals surface area (Å²) in [6.45, 7) is 1.14. The summed E-state index contributed by atoms with van der Waals surface area (Å²) in [7, 11) is 0. The van der Waals surface area contributed by atoms with E-state index >= 15 is 0 Å². The van der Waals surface area contributed by atoms with Gasteiger partial charge in [0.2, 0.25) is 5.91 Å². The lowest BCUT2D eigenvalue weighted by atomic mass is 10.2. The highest BCUT2D eigenvalue weighted by molar-refractivity contribution is 5.90. The van der Waals surface area contributed by atoms with Crippen LogP contribution in [0.15, 0.2) is 12.1 Å². The van der Waals surface area contributed by atoms with Crippen molar-refractivity contribution in [1.82, 2.24) is 0 Å². The number of carbonyl (C=O) groups excluding carboxylic acids is 1. The molecule has 0 atom stereocenters. The number of amides is 1. The second kappa shape index (κ2) is 4.43. The van der Waals surface area contributed by atoms with Gasteiger partial charge in [0.1, 0.15) is 0 Å². The topological polar surface area (TPSA) is 136 Å². The number of phenolic OH excluding ortho intramolecular Hbond substituents is 1. The quantitative estimate of drug-likeness (QED) is 0.463. The summed E-state index contributed by atoms with van der Waals surface area (Å²) in [5.41, 5.74) is -1.82. The monoisotopic (exact) mass is 241 g/mol. The van der Waals surface area contributed by atoms with Gasteiger partial charge in [0.05, 0.1) is 15.5 Å². The van der Waals surface area contributed by atoms with Crippen molar-refractivity contribution in [3.8, 4) is 5.75 Å². The highest BCUT2D eigenvalue weighted by Gasteiger charge is 2.26. The number of nitro groups is 2. The van der Waals surface area contributed by atoms with Crippen LogP contribution < -0.4 is 5.32 Å². The summed E-state index contributed by atoms with van der Waals surface area (Å²) < 4.78 is 0. The Labute approximate surface area is 94.0 Å². The maximum Gasteiger partial charge on any atom is 0.320 e. The Balaban J connectivity index is 3.41. The Morgan fingerprint density at radius 2 is 1.65 bits per heavy atom. The summed E-state index contributed by atoms with van der Waals surface area (Å²) >= 11 is 0. The molecule has 2 N–H and O–H groups in total. The van der Waals surface area contributed by atoms with Gasteiger partial charge >= 0.3 is 11.4 Å². The van der Waals surface area contributed by atoms with Crippen LogP contribution >= 0.6 is 0 Å². The van der Waals surface area contributed by atoms with Crippen LogP contribution in [0.5, 0.6) is 5.75 Å². The van der Waals surface area contributed by atoms with Crippen molar-refractivity contribution in [1.29, 1.82) is 0 Å². The Morgan fingerprint density at radius 1 is 1.24 bits per heavy atom. The molecule has 0 saturated carbocycles. The van der Waals surface area contributed by atoms with E-state index in [-0.39, 0.29) is 5.69 Å². The Hall–Kier alpha value is -2.71. The molecule has 17 heavy (non-hydrogen) atoms. The van der Waals surface area contributed by atoms with E-state index in [1.807, 2.05) is 0 Å². The molecule has 0 aliphatic carbocycles. The third-order valence-corrected chi connectivity index (χ3v) is 1.78. The number of rotatable bonds is 3. The first-order valence-corrected chi connectivity index (χ1v) is 4.26. The molecule has 0 radical (unpaired) electrons. The van der Waals surface area contributed by atoms with E-state index in [0.29, 0.717) is 0 Å². The molecule has 0 bridgehead atoms. The zero-order valence-electron chi connectivity index (χ0n) is 8.54. The number of nitrogens with one attached hydrogen (secondary N) is 1. The molecule has 0 aromatic heterocycles. The first-order valence-electron chi connectivity index (χ1n) is 4.26. The second-order valence-corrected chi connectivity index (χ2v) is 3.06. The number of nitrogens with zero attached hydrogens (tertiary/aromatic N) is 2. The average molecular weight is 241 g/mol. The van der Waals surface area contributed by atoms with Crippen LogP contribution in [-0.4, -0.2) is 20.9 Å². The van der Waals surface area contributed by atoms with Crippen LogP contribution in [0, 0.1) is 20.2 Å². The molecule has 1 amide bonds. The van der Waals surface area contributed by atoms with E-state index in [9.17, 15) is 30.1 Å². The number of anilines is 1. The zero-order valence-corrected chi connectivity index (χ0v) is 8.54. The van der Waals surface area contributed by atoms with Crippen molar-refractivity contribution in [2.24, 2.45) is 0 Å². The van der Waals surface area contributed by atoms with Crippen molar-refractivity contribution in [2.45, 2.75) is 6.92 Å². The number of benzene rings is 1. The predicted octanol–water partition coefficient (Wildman–Crippen LogP) is 1.17. The predicted molar refractivity (Wildman–Crippen MR) is 55.7 cm³/mol. The lowest BCUT2D eigenvalue weighted by molar-refractivity contribution is -0.395. The fraction of sp³-hybridized carbons (Fsp3) is 0.125. The number of aromatic hydroxyl groups is 1. The van der Waals surface area contributed by atoms with Crippen LogP contribution in [0.25, 0.3) is 0 Å². The van der Waals surface area contributed by atoms with Gasteiger partial charge in [0, 0.05) is 19.1 Å². The minimum Gasteiger partial charge on any atom is -0.497 e. The normalized spacial score (nSPS) is 9.71. The molecule has 0 unspecified atom stereocenters. The standard InChI is InChI=1S/C8H7N3O6/c1-4(12)9-5-2-6(10(14)15)8(13)7(3-5)11(16)17/h2-3,13H,1H3,(H,9,12). The first-order chi connectivity index (χ1) is 7.82. The molecule has 9 heteroatoms. The third-order valence-electron chi connectivity index (χ3n) is 1.78. The van der Waals surface area contributed by atoms with Gasteiger partial charge in [-0.15, -0.1) is 0 Å². The summed E-state index contributed by atoms with van der Waals surface area (Å²) in [6.07, 6.45) is 0. The first kappa shape index (κ1) is 12.4. The molecule has 0 saturated heterocycles. The van der Waals surface area contributed by atoms with Crippen LogP contribution in [-0.2, 0) is 4.79 Å². The van der Waals surface area contributed by atoms with E-state index in [2.05, 4.69) is 5.32 Å². The van der Waals surface area contributed by atoms with Gasteiger partial charge in [-0.3, -0.25) is 25.0 Å². The van der Waals surface area contributed by atoms with Gasteiger partial charge in [-0.1, -0.05) is 0 Å². The van der Waals surface area contributed by atoms with Crippen LogP contribution in [0.1, 0.15) is 6.92 Å². The molecule has 9 nitrogen and oxygen atoms in total. The average Bonchev–Trinajstić information content (AvgIpc) is 2.18. The maximum atomic E-state index is 10.7. The van der Waals surface area contributed by atoms with Crippen LogP contribution in [0.4, 0.5) is 17.1 Å². The SMILES string of the molecule is CC(=O)Nc1cc([N+](=O)[O-])c(O)c([N+](=O)[O-])c1. The van der Waals surface area contributed by atoms with Crippen molar-refractivity contribution in [3.05, 3.63) is 32.4 Å². The number of hydrogen-bond acceptors (Lipinski definition) is 6. The van der Waals surface area contributed by atoms with Gasteiger partial charge < -0.3 is 10.4 Å². The molecule has 0 fully saturated rings. The molecule has 1 aromatic rings. The smallest absolute Gasteiger partial charge is 0.320 e. The molecule has 0 aliphatic rings. The number of hydrogen-bond donors (Lipinski definition) is 2. The Kier molecular flexibility index (Phi) is 3.22. The van der Waals surface area contributed by atoms with Crippen LogP contribution in [0.2, 0.25) is 0 Å². The molecule has 1 rings (SSSR count). The van der Waals surface area contributed by atoms with Crippen molar-refractivity contribution in [2.75, 3.05) is 5.32 Å². The van der Waals surface area contributed by atoms with Crippen molar-refractivity contribution >= 4 is 23.0 Å². The van der Waals surface area contributed by atoms with Gasteiger partial charge in [0.15, 0.2) is 0 Å². The minimum absolute atomic E-state index is 0.131. The third kappa shape index (κ3) is 2.65. The summed E-state index contributed by atoms with van der Waals surface area (Å²) in [5.74, 6) is -1.59. The number of nitro benzene ring substituents is 2. The minimum atomic E-state index is -1.05. The summed E-state index contributed by atoms with van der Waals surface area (Å²) in [5, 5.41) is 32.5. The Morgan fingerprint density at radius 3 is 1.94 bits per heavy atom. The fourth-order valence-corrected chi connectivity index (χ4v) is 1.16. The van der Waals surface area contributed by atoms with Crippen LogP contribution in [0.3, 0.4) is 0 Å². The van der Waals surface area contributed by atoms with E-state index in [4.69, 9.17) is 0 Å². The van der Waals surface area contributed by atoms with Gasteiger partial charge in [0.25, 0.3) is 5.75 Å². The molecule has 0 spiro atoms. The van der Waals surface area contributed by atoms with Gasteiger partial charge in [-0.2, -0.15) is 0 Å².